The van der Waals surface area contributed by atoms with Gasteiger partial charge in [-0.05, 0) is 83.4 Å². The maximum atomic E-state index is 13.5. The molecule has 2 fully saturated rings. The van der Waals surface area contributed by atoms with Crippen LogP contribution in [0.3, 0.4) is 0 Å². The second kappa shape index (κ2) is 11.9. The van der Waals surface area contributed by atoms with E-state index < -0.39 is 69.6 Å². The van der Waals surface area contributed by atoms with Gasteiger partial charge in [0.2, 0.25) is 0 Å². The fourth-order valence-corrected chi connectivity index (χ4v) is 5.60. The van der Waals surface area contributed by atoms with Gasteiger partial charge in [0, 0.05) is 13.1 Å². The molecule has 16 heteroatoms. The lowest BCUT2D eigenvalue weighted by Crippen LogP contribution is -2.45. The lowest BCUT2D eigenvalue weighted by atomic mass is 10.0. The first-order valence-electron chi connectivity index (χ1n) is 14.2. The van der Waals surface area contributed by atoms with Crippen molar-refractivity contribution in [1.29, 1.82) is 10.5 Å². The number of imide groups is 2. The molecule has 0 saturated carbocycles. The molecule has 0 radical (unpaired) electrons. The minimum absolute atomic E-state index is 0.0182. The van der Waals surface area contributed by atoms with Crippen LogP contribution in [0.1, 0.15) is 69.2 Å². The molecule has 0 aromatic heterocycles. The zero-order chi connectivity index (χ0) is 35.3. The smallest absolute Gasteiger partial charge is 0.310 e. The number of hydrogen-bond donors (Lipinski definition) is 0. The number of nitriles is 2. The van der Waals surface area contributed by atoms with Gasteiger partial charge in [0.1, 0.15) is 11.1 Å². The molecule has 47 heavy (non-hydrogen) atoms. The van der Waals surface area contributed by atoms with Crippen molar-refractivity contribution in [3.63, 3.8) is 0 Å². The number of amides is 6. The van der Waals surface area contributed by atoms with Crippen LogP contribution in [0.25, 0.3) is 0 Å². The molecule has 2 aromatic rings. The Hall–Kier alpha value is -5.12. The SMILES string of the molecule is CC1(C)C(=O)N(c2ccc(C#N)c(C(F)(F)F)c2)C(=O)N1CCCCCN1C(=O)N(c2ccc(C#N)c(C(F)(F)F)c2)C(=O)C1(C)C. The van der Waals surface area contributed by atoms with Gasteiger partial charge in [-0.1, -0.05) is 0 Å². The van der Waals surface area contributed by atoms with E-state index in [-0.39, 0.29) is 24.5 Å². The normalized spacial score (nSPS) is 17.9. The minimum Gasteiger partial charge on any atom is -0.310 e. The summed E-state index contributed by atoms with van der Waals surface area (Å²) in [6, 6.07) is 6.29. The van der Waals surface area contributed by atoms with E-state index in [9.17, 15) is 45.5 Å². The maximum Gasteiger partial charge on any atom is 0.417 e. The van der Waals surface area contributed by atoms with E-state index in [0.29, 0.717) is 41.2 Å². The molecular weight excluding hydrogens is 634 g/mol. The van der Waals surface area contributed by atoms with Crippen LogP contribution in [0, 0.1) is 22.7 Å². The number of benzene rings is 2. The Balaban J connectivity index is 1.43. The highest BCUT2D eigenvalue weighted by Crippen LogP contribution is 2.39. The highest BCUT2D eigenvalue weighted by molar-refractivity contribution is 6.23. The van der Waals surface area contributed by atoms with Gasteiger partial charge < -0.3 is 9.80 Å². The fourth-order valence-electron chi connectivity index (χ4n) is 5.60. The number of hydrogen-bond acceptors (Lipinski definition) is 6. The van der Waals surface area contributed by atoms with Crippen LogP contribution in [0.2, 0.25) is 0 Å². The Morgan fingerprint density at radius 1 is 0.617 bits per heavy atom. The molecule has 2 aliphatic rings. The largest absolute Gasteiger partial charge is 0.417 e. The van der Waals surface area contributed by atoms with E-state index in [0.717, 1.165) is 24.3 Å². The van der Waals surface area contributed by atoms with Gasteiger partial charge in [-0.2, -0.15) is 36.9 Å². The average molecular weight is 663 g/mol. The Labute approximate surface area is 265 Å². The van der Waals surface area contributed by atoms with E-state index >= 15 is 0 Å². The van der Waals surface area contributed by atoms with Crippen molar-refractivity contribution in [3.05, 3.63) is 58.7 Å². The van der Waals surface area contributed by atoms with E-state index in [2.05, 4.69) is 0 Å². The predicted octanol–water partition coefficient (Wildman–Crippen LogP) is 6.43. The highest BCUT2D eigenvalue weighted by atomic mass is 19.4. The average Bonchev–Trinajstić information content (AvgIpc) is 3.26. The van der Waals surface area contributed by atoms with Crippen LogP contribution in [-0.4, -0.2) is 57.8 Å². The quantitative estimate of drug-likeness (QED) is 0.182. The summed E-state index contributed by atoms with van der Waals surface area (Å²) >= 11 is 0. The van der Waals surface area contributed by atoms with Crippen molar-refractivity contribution >= 4 is 35.3 Å². The Bertz CT molecular complexity index is 1610. The lowest BCUT2D eigenvalue weighted by molar-refractivity contribution is -0.138. The summed E-state index contributed by atoms with van der Waals surface area (Å²) in [6.45, 7) is 5.82. The zero-order valence-corrected chi connectivity index (χ0v) is 25.6. The molecule has 0 N–H and O–H groups in total. The number of anilines is 2. The summed E-state index contributed by atoms with van der Waals surface area (Å²) in [7, 11) is 0. The molecule has 4 rings (SSSR count). The molecule has 2 saturated heterocycles. The van der Waals surface area contributed by atoms with Gasteiger partial charge in [0.15, 0.2) is 0 Å². The molecule has 2 heterocycles. The Morgan fingerprint density at radius 3 is 1.26 bits per heavy atom. The van der Waals surface area contributed by atoms with Crippen molar-refractivity contribution in [2.75, 3.05) is 22.9 Å². The molecule has 6 amide bonds. The molecule has 248 valence electrons. The maximum absolute atomic E-state index is 13.5. The number of alkyl halides is 6. The van der Waals surface area contributed by atoms with Crippen molar-refractivity contribution in [1.82, 2.24) is 9.80 Å². The van der Waals surface area contributed by atoms with Crippen LogP contribution >= 0.6 is 0 Å². The topological polar surface area (TPSA) is 129 Å². The third-order valence-corrected chi connectivity index (χ3v) is 8.28. The van der Waals surface area contributed by atoms with Gasteiger partial charge in [-0.3, -0.25) is 9.59 Å². The number of carbonyl (C=O) groups is 4. The van der Waals surface area contributed by atoms with E-state index in [1.807, 2.05) is 0 Å². The number of carbonyl (C=O) groups excluding carboxylic acids is 4. The number of urea groups is 2. The Morgan fingerprint density at radius 2 is 0.957 bits per heavy atom. The third kappa shape index (κ3) is 6.07. The first-order chi connectivity index (χ1) is 21.7. The monoisotopic (exact) mass is 662 g/mol. The van der Waals surface area contributed by atoms with Crippen LogP contribution in [0.5, 0.6) is 0 Å². The standard InChI is InChI=1S/C31H28F6N6O4/c1-28(2)24(44)42(20-10-8-18(16-38)22(14-20)30(32,33)34)26(46)40(28)12-6-5-7-13-41-27(47)43(25(45)29(41,3)4)21-11-9-19(17-39)23(15-21)31(35,36)37/h8-11,14-15H,5-7,12-13H2,1-4H3. The van der Waals surface area contributed by atoms with E-state index in [4.69, 9.17) is 10.5 Å². The van der Waals surface area contributed by atoms with E-state index in [1.165, 1.54) is 49.6 Å². The molecular formula is C31H28F6N6O4. The molecule has 2 aromatic carbocycles. The number of unbranched alkanes of at least 4 members (excludes halogenated alkanes) is 2. The molecule has 0 aliphatic carbocycles. The summed E-state index contributed by atoms with van der Waals surface area (Å²) in [5.74, 6) is -1.53. The van der Waals surface area contributed by atoms with Crippen LogP contribution in [-0.2, 0) is 21.9 Å². The first kappa shape index (κ1) is 34.7. The van der Waals surface area contributed by atoms with Gasteiger partial charge in [-0.15, -0.1) is 0 Å². The molecule has 10 nitrogen and oxygen atoms in total. The first-order valence-corrected chi connectivity index (χ1v) is 14.2. The second-order valence-electron chi connectivity index (χ2n) is 12.0. The van der Waals surface area contributed by atoms with Crippen molar-refractivity contribution in [2.45, 2.75) is 70.4 Å². The van der Waals surface area contributed by atoms with Crippen LogP contribution < -0.4 is 9.80 Å². The highest BCUT2D eigenvalue weighted by Gasteiger charge is 2.53. The summed E-state index contributed by atoms with van der Waals surface area (Å²) in [5.41, 5.74) is -7.41. The summed E-state index contributed by atoms with van der Waals surface area (Å²) in [5, 5.41) is 18.1. The van der Waals surface area contributed by atoms with Gasteiger partial charge >= 0.3 is 24.4 Å². The summed E-state index contributed by atoms with van der Waals surface area (Å²) in [6.07, 6.45) is -8.84. The van der Waals surface area contributed by atoms with Crippen molar-refractivity contribution in [2.24, 2.45) is 0 Å². The molecule has 0 unspecified atom stereocenters. The summed E-state index contributed by atoms with van der Waals surface area (Å²) in [4.78, 5) is 56.6. The third-order valence-electron chi connectivity index (χ3n) is 8.28. The van der Waals surface area contributed by atoms with Crippen LogP contribution in [0.4, 0.5) is 47.3 Å². The number of halogens is 6. The van der Waals surface area contributed by atoms with Gasteiger partial charge in [0.25, 0.3) is 11.8 Å². The molecule has 0 spiro atoms. The summed E-state index contributed by atoms with van der Waals surface area (Å²) < 4.78 is 81.1. The zero-order valence-electron chi connectivity index (χ0n) is 25.6. The van der Waals surface area contributed by atoms with E-state index in [1.54, 1.807) is 0 Å². The predicted molar refractivity (Wildman–Crippen MR) is 154 cm³/mol. The van der Waals surface area contributed by atoms with Gasteiger partial charge in [0.05, 0.1) is 45.8 Å². The Kier molecular flexibility index (Phi) is 8.81. The number of rotatable bonds is 8. The minimum atomic E-state index is -4.90. The second-order valence-corrected chi connectivity index (χ2v) is 12.0. The molecule has 0 bridgehead atoms. The number of nitrogens with zero attached hydrogens (tertiary/aromatic N) is 6. The van der Waals surface area contributed by atoms with Crippen LogP contribution in [0.15, 0.2) is 36.4 Å². The van der Waals surface area contributed by atoms with Gasteiger partial charge in [-0.25, -0.2) is 19.4 Å². The van der Waals surface area contributed by atoms with Crippen molar-refractivity contribution in [3.8, 4) is 12.1 Å². The molecule has 2 aliphatic heterocycles. The fraction of sp³-hybridized carbons (Fsp3) is 0.419. The lowest BCUT2D eigenvalue weighted by Gasteiger charge is -2.29. The molecule has 0 atom stereocenters. The van der Waals surface area contributed by atoms with Crippen molar-refractivity contribution < 1.29 is 45.5 Å².